The van der Waals surface area contributed by atoms with Crippen LogP contribution in [0.1, 0.15) is 0 Å². The van der Waals surface area contributed by atoms with E-state index in [0.717, 1.165) is 12.1 Å². The van der Waals surface area contributed by atoms with Crippen molar-refractivity contribution in [3.63, 3.8) is 0 Å². The van der Waals surface area contributed by atoms with Gasteiger partial charge < -0.3 is 4.74 Å². The number of H-pyrrole nitrogens is 1. The molecule has 0 saturated heterocycles. The largest absolute Gasteiger partial charge is 0.421 e. The minimum Gasteiger partial charge on any atom is -0.421 e. The van der Waals surface area contributed by atoms with Gasteiger partial charge in [0.05, 0.1) is 21.1 Å². The van der Waals surface area contributed by atoms with Crippen molar-refractivity contribution in [1.29, 1.82) is 0 Å². The molecule has 0 aliphatic rings. The van der Waals surface area contributed by atoms with Gasteiger partial charge in [-0.25, -0.2) is 13.8 Å². The lowest BCUT2D eigenvalue weighted by atomic mass is 10.1. The number of benzene rings is 1. The van der Waals surface area contributed by atoms with E-state index in [1.807, 2.05) is 0 Å². The first kappa shape index (κ1) is 16.6. The number of nitrogens with one attached hydrogen (secondary N) is 1. The summed E-state index contributed by atoms with van der Waals surface area (Å²) in [6.45, 7) is 0. The molecule has 0 unspecified atom stereocenters. The Hall–Kier alpha value is -2.84. The lowest BCUT2D eigenvalue weighted by Crippen LogP contribution is -1.94. The molecule has 0 aliphatic heterocycles. The second-order valence-corrected chi connectivity index (χ2v) is 5.96. The van der Waals surface area contributed by atoms with Crippen molar-refractivity contribution in [1.82, 2.24) is 25.1 Å². The Morgan fingerprint density at radius 1 is 1.04 bits per heavy atom. The van der Waals surface area contributed by atoms with Gasteiger partial charge in [-0.1, -0.05) is 23.2 Å². The van der Waals surface area contributed by atoms with Crippen molar-refractivity contribution < 1.29 is 13.5 Å². The van der Waals surface area contributed by atoms with E-state index in [4.69, 9.17) is 27.9 Å². The Morgan fingerprint density at radius 3 is 2.54 bits per heavy atom. The summed E-state index contributed by atoms with van der Waals surface area (Å²) in [6.07, 6.45) is 4.33. The number of hydrogen-bond acceptors (Lipinski definition) is 5. The van der Waals surface area contributed by atoms with Gasteiger partial charge >= 0.3 is 6.01 Å². The molecule has 0 atom stereocenters. The van der Waals surface area contributed by atoms with Crippen molar-refractivity contribution in [2.75, 3.05) is 0 Å². The van der Waals surface area contributed by atoms with Crippen LogP contribution in [0.4, 0.5) is 8.78 Å². The van der Waals surface area contributed by atoms with Gasteiger partial charge in [-0.15, -0.1) is 0 Å². The maximum Gasteiger partial charge on any atom is 0.324 e. The molecule has 0 aliphatic carbocycles. The summed E-state index contributed by atoms with van der Waals surface area (Å²) in [4.78, 5) is 12.0. The number of rotatable bonds is 3. The van der Waals surface area contributed by atoms with Crippen molar-refractivity contribution in [3.8, 4) is 23.0 Å². The first-order valence-corrected chi connectivity index (χ1v) is 7.92. The number of fused-ring (bicyclic) bond motifs is 1. The van der Waals surface area contributed by atoms with Crippen LogP contribution in [0.3, 0.4) is 0 Å². The molecule has 3 heterocycles. The fraction of sp³-hybridized carbons (Fsp3) is 0. The summed E-state index contributed by atoms with van der Waals surface area (Å²) in [6, 6.07) is 2.77. The zero-order valence-corrected chi connectivity index (χ0v) is 14.2. The van der Waals surface area contributed by atoms with Crippen molar-refractivity contribution in [3.05, 3.63) is 58.5 Å². The van der Waals surface area contributed by atoms with E-state index in [1.165, 1.54) is 18.6 Å². The van der Waals surface area contributed by atoms with Gasteiger partial charge in [-0.2, -0.15) is 10.1 Å². The molecular weight excluding hydrogens is 387 g/mol. The molecular formula is C16H7Cl2F2N5O. The van der Waals surface area contributed by atoms with Crippen LogP contribution in [-0.4, -0.2) is 25.1 Å². The van der Waals surface area contributed by atoms with E-state index in [9.17, 15) is 8.78 Å². The number of aromatic nitrogens is 5. The molecule has 3 aromatic heterocycles. The molecule has 0 amide bonds. The Morgan fingerprint density at radius 2 is 1.81 bits per heavy atom. The Balaban J connectivity index is 1.74. The standard InChI is InChI=1S/C16H7Cl2F2N5O/c17-9-5-21-6-10(18)13(9)14-8-4-22-16(23-15(8)25-24-14)26-12-2-1-7(19)3-11(12)20/h1-6H,(H,22,23,24,25). The third-order valence-electron chi connectivity index (χ3n) is 3.49. The lowest BCUT2D eigenvalue weighted by molar-refractivity contribution is 0.409. The number of ether oxygens (including phenoxy) is 1. The van der Waals surface area contributed by atoms with Crippen LogP contribution >= 0.6 is 23.2 Å². The third kappa shape index (κ3) is 2.93. The van der Waals surface area contributed by atoms with Gasteiger partial charge in [0.2, 0.25) is 0 Å². The molecule has 0 saturated carbocycles. The molecule has 10 heteroatoms. The Bertz CT molecular complexity index is 1110. The monoisotopic (exact) mass is 393 g/mol. The van der Waals surface area contributed by atoms with Crippen LogP contribution in [0, 0.1) is 11.6 Å². The third-order valence-corrected chi connectivity index (χ3v) is 4.06. The average Bonchev–Trinajstić information content (AvgIpc) is 3.00. The number of halogens is 4. The van der Waals surface area contributed by atoms with Gasteiger partial charge in [0.15, 0.2) is 17.2 Å². The summed E-state index contributed by atoms with van der Waals surface area (Å²) >= 11 is 12.3. The summed E-state index contributed by atoms with van der Waals surface area (Å²) < 4.78 is 31.9. The van der Waals surface area contributed by atoms with Crippen LogP contribution in [0.25, 0.3) is 22.3 Å². The van der Waals surface area contributed by atoms with E-state index < -0.39 is 11.6 Å². The highest BCUT2D eigenvalue weighted by molar-refractivity contribution is 6.39. The molecule has 1 aromatic carbocycles. The second kappa shape index (κ2) is 6.47. The van der Waals surface area contributed by atoms with Crippen molar-refractivity contribution in [2.24, 2.45) is 0 Å². The predicted octanol–water partition coefficient (Wildman–Crippen LogP) is 4.79. The Kier molecular flexibility index (Phi) is 4.14. The lowest BCUT2D eigenvalue weighted by Gasteiger charge is -2.05. The maximum atomic E-state index is 13.7. The fourth-order valence-electron chi connectivity index (χ4n) is 2.33. The molecule has 0 bridgehead atoms. The summed E-state index contributed by atoms with van der Waals surface area (Å²) in [5, 5.41) is 8.06. The molecule has 4 aromatic rings. The summed E-state index contributed by atoms with van der Waals surface area (Å²) in [5.41, 5.74) is 1.28. The van der Waals surface area contributed by atoms with Gasteiger partial charge in [-0.05, 0) is 12.1 Å². The Labute approximate surface area is 154 Å². The predicted molar refractivity (Wildman–Crippen MR) is 91.4 cm³/mol. The quantitative estimate of drug-likeness (QED) is 0.541. The molecule has 0 fully saturated rings. The molecule has 6 nitrogen and oxygen atoms in total. The van der Waals surface area contributed by atoms with E-state index in [0.29, 0.717) is 32.8 Å². The van der Waals surface area contributed by atoms with Crippen LogP contribution < -0.4 is 4.74 Å². The fourth-order valence-corrected chi connectivity index (χ4v) is 2.89. The second-order valence-electron chi connectivity index (χ2n) is 5.14. The van der Waals surface area contributed by atoms with Crippen molar-refractivity contribution >= 4 is 34.2 Å². The smallest absolute Gasteiger partial charge is 0.324 e. The average molecular weight is 394 g/mol. The van der Waals surface area contributed by atoms with E-state index >= 15 is 0 Å². The van der Waals surface area contributed by atoms with Crippen LogP contribution in [0.5, 0.6) is 11.8 Å². The van der Waals surface area contributed by atoms with Gasteiger partial charge in [0.1, 0.15) is 5.82 Å². The summed E-state index contributed by atoms with van der Waals surface area (Å²) in [7, 11) is 0. The van der Waals surface area contributed by atoms with Gasteiger partial charge in [-0.3, -0.25) is 10.1 Å². The van der Waals surface area contributed by atoms with Crippen LogP contribution in [0.15, 0.2) is 36.8 Å². The molecule has 0 radical (unpaired) electrons. The SMILES string of the molecule is Fc1ccc(Oc2ncc3c(-c4c(Cl)cncc4Cl)[nH]nc3n2)c(F)c1. The highest BCUT2D eigenvalue weighted by Gasteiger charge is 2.17. The van der Waals surface area contributed by atoms with E-state index in [-0.39, 0.29) is 17.4 Å². The number of aromatic amines is 1. The van der Waals surface area contributed by atoms with Crippen LogP contribution in [0.2, 0.25) is 10.0 Å². The summed E-state index contributed by atoms with van der Waals surface area (Å²) in [5.74, 6) is -1.79. The minimum absolute atomic E-state index is 0.145. The number of pyridine rings is 1. The maximum absolute atomic E-state index is 13.7. The molecule has 4 rings (SSSR count). The minimum atomic E-state index is -0.869. The van der Waals surface area contributed by atoms with Gasteiger partial charge in [0.25, 0.3) is 0 Å². The number of hydrogen-bond donors (Lipinski definition) is 1. The first-order chi connectivity index (χ1) is 12.5. The highest BCUT2D eigenvalue weighted by Crippen LogP contribution is 2.36. The normalized spacial score (nSPS) is 11.1. The first-order valence-electron chi connectivity index (χ1n) is 7.16. The molecule has 0 spiro atoms. The molecule has 26 heavy (non-hydrogen) atoms. The molecule has 130 valence electrons. The van der Waals surface area contributed by atoms with E-state index in [1.54, 1.807) is 0 Å². The van der Waals surface area contributed by atoms with Gasteiger partial charge in [0, 0.05) is 30.2 Å². The molecule has 1 N–H and O–H groups in total. The van der Waals surface area contributed by atoms with Crippen molar-refractivity contribution in [2.45, 2.75) is 0 Å². The zero-order chi connectivity index (χ0) is 18.3. The zero-order valence-electron chi connectivity index (χ0n) is 12.7. The topological polar surface area (TPSA) is 76.6 Å². The van der Waals surface area contributed by atoms with Crippen LogP contribution in [-0.2, 0) is 0 Å². The van der Waals surface area contributed by atoms with E-state index in [2.05, 4.69) is 25.1 Å². The number of nitrogens with zero attached hydrogens (tertiary/aromatic N) is 4. The highest BCUT2D eigenvalue weighted by atomic mass is 35.5.